The van der Waals surface area contributed by atoms with Gasteiger partial charge in [-0.3, -0.25) is 9.98 Å². The fourth-order valence-electron chi connectivity index (χ4n) is 5.09. The molecule has 0 aromatic heterocycles. The summed E-state index contributed by atoms with van der Waals surface area (Å²) >= 11 is 11.7. The van der Waals surface area contributed by atoms with Crippen LogP contribution in [0, 0.1) is 5.92 Å². The number of allylic oxidation sites excluding steroid dienone is 4. The highest BCUT2D eigenvalue weighted by Gasteiger charge is 2.31. The van der Waals surface area contributed by atoms with Crippen LogP contribution in [0.2, 0.25) is 10.0 Å². The number of aliphatic hydroxyl groups is 1. The molecule has 0 saturated carbocycles. The molecule has 1 aliphatic rings. The van der Waals surface area contributed by atoms with E-state index in [1.807, 2.05) is 6.92 Å². The number of hydrogen-bond donors (Lipinski definition) is 7. The molecular formula is C37H56Cl2N10O. The van der Waals surface area contributed by atoms with Gasteiger partial charge in [-0.25, -0.2) is 0 Å². The van der Waals surface area contributed by atoms with Gasteiger partial charge in [0.25, 0.3) is 0 Å². The van der Waals surface area contributed by atoms with Crippen molar-refractivity contribution in [3.8, 4) is 0 Å². The summed E-state index contributed by atoms with van der Waals surface area (Å²) in [5, 5.41) is 17.6. The number of nitrogens with two attached hydrogens (primary N) is 4. The van der Waals surface area contributed by atoms with Crippen molar-refractivity contribution < 1.29 is 5.11 Å². The summed E-state index contributed by atoms with van der Waals surface area (Å²) in [6, 6.07) is 14.1. The van der Waals surface area contributed by atoms with Crippen molar-refractivity contribution in [2.75, 3.05) is 23.7 Å². The summed E-state index contributed by atoms with van der Waals surface area (Å²) in [4.78, 5) is 16.5. The van der Waals surface area contributed by atoms with Crippen LogP contribution in [0.3, 0.4) is 0 Å². The van der Waals surface area contributed by atoms with Gasteiger partial charge in [0.2, 0.25) is 23.8 Å². The molecular weight excluding hydrogens is 671 g/mol. The molecule has 2 aromatic carbocycles. The number of rotatable bonds is 13. The van der Waals surface area contributed by atoms with Crippen molar-refractivity contribution >= 4 is 58.4 Å². The number of nitrogens with zero attached hydrogens (tertiary/aromatic N) is 4. The van der Waals surface area contributed by atoms with Crippen LogP contribution in [-0.2, 0) is 0 Å². The second-order valence-electron chi connectivity index (χ2n) is 12.9. The Morgan fingerprint density at radius 1 is 0.820 bits per heavy atom. The van der Waals surface area contributed by atoms with E-state index in [1.54, 1.807) is 48.5 Å². The van der Waals surface area contributed by atoms with Crippen molar-refractivity contribution in [3.63, 3.8) is 0 Å². The molecule has 0 unspecified atom stereocenters. The van der Waals surface area contributed by atoms with Crippen LogP contribution in [0.15, 0.2) is 91.8 Å². The minimum absolute atomic E-state index is 0.124. The number of unbranched alkanes of at least 4 members (excludes halogenated alkanes) is 3. The monoisotopic (exact) mass is 726 g/mol. The molecule has 0 bridgehead atoms. The lowest BCUT2D eigenvalue weighted by Gasteiger charge is -2.34. The topological polar surface area (TPSA) is 198 Å². The second-order valence-corrected chi connectivity index (χ2v) is 13.7. The predicted octanol–water partition coefficient (Wildman–Crippen LogP) is 7.57. The van der Waals surface area contributed by atoms with E-state index in [2.05, 4.69) is 63.5 Å². The number of nitrogens with one attached hydrogen (secondary N) is 2. The third kappa shape index (κ3) is 18.6. The number of anilines is 2. The molecule has 1 aliphatic carbocycles. The van der Waals surface area contributed by atoms with Crippen molar-refractivity contribution in [3.05, 3.63) is 81.9 Å². The lowest BCUT2D eigenvalue weighted by Crippen LogP contribution is -2.35. The van der Waals surface area contributed by atoms with E-state index in [-0.39, 0.29) is 23.8 Å². The zero-order valence-corrected chi connectivity index (χ0v) is 31.4. The van der Waals surface area contributed by atoms with Crippen molar-refractivity contribution in [2.45, 2.75) is 91.1 Å². The molecule has 0 amide bonds. The molecule has 11 nitrogen and oxygen atoms in total. The van der Waals surface area contributed by atoms with E-state index in [4.69, 9.17) is 46.1 Å². The summed E-state index contributed by atoms with van der Waals surface area (Å²) in [5.41, 5.74) is 27.1. The fourth-order valence-corrected chi connectivity index (χ4v) is 5.34. The van der Waals surface area contributed by atoms with Gasteiger partial charge in [-0.1, -0.05) is 59.3 Å². The Balaban J connectivity index is 0.000000452. The van der Waals surface area contributed by atoms with Crippen LogP contribution in [0.25, 0.3) is 0 Å². The average Bonchev–Trinajstić information content (AvgIpc) is 3.04. The van der Waals surface area contributed by atoms with Crippen molar-refractivity contribution in [1.82, 2.24) is 0 Å². The van der Waals surface area contributed by atoms with Crippen LogP contribution >= 0.6 is 23.2 Å². The SMILES string of the molecule is CC(C)=CCC[C@@](C)(O)[C@H]1CC=C(C)CC1.NC(=NCCCCCCN=C(N)N=C(N)Nc1ccc(Cl)cc1)N=C(N)Nc1ccc(Cl)cc1. The first-order chi connectivity index (χ1) is 23.7. The molecule has 0 saturated heterocycles. The zero-order chi connectivity index (χ0) is 36.9. The standard InChI is InChI=1S/C22H30Cl2N10.C15H26O/c23-15-5-9-17(10-6-15)31-21(27)33-19(25)29-13-3-1-2-4-14-30-20(26)34-22(28)32-18-11-7-16(24)8-12-18;1-12(2)6-5-11-15(4,16)14-9-7-13(3)8-10-14/h5-12H,1-4,13-14H2,(H5,25,27,29,31,33)(H5,26,28,30,32,34);6-7,14,16H,5,8-11H2,1-4H3/t;14-,15+/m.0/s1. The Hall–Kier alpha value is -4.06. The normalized spacial score (nSPS) is 16.8. The smallest absolute Gasteiger partial charge is 0.218 e. The quantitative estimate of drug-likeness (QED) is 0.0478. The number of hydrogen-bond acceptors (Lipinski definition) is 3. The summed E-state index contributed by atoms with van der Waals surface area (Å²) in [6.07, 6.45) is 13.4. The van der Waals surface area contributed by atoms with E-state index in [9.17, 15) is 5.11 Å². The van der Waals surface area contributed by atoms with Gasteiger partial charge in [0.15, 0.2) is 0 Å². The summed E-state index contributed by atoms with van der Waals surface area (Å²) in [6.45, 7) is 9.54. The maximum atomic E-state index is 10.5. The maximum Gasteiger partial charge on any atom is 0.218 e. The average molecular weight is 728 g/mol. The molecule has 2 atom stereocenters. The summed E-state index contributed by atoms with van der Waals surface area (Å²) in [7, 11) is 0. The molecule has 11 N–H and O–H groups in total. The van der Waals surface area contributed by atoms with Crippen molar-refractivity contribution in [2.24, 2.45) is 48.8 Å². The van der Waals surface area contributed by atoms with Crippen LogP contribution < -0.4 is 33.6 Å². The first-order valence-electron chi connectivity index (χ1n) is 17.1. The Morgan fingerprint density at radius 3 is 1.68 bits per heavy atom. The van der Waals surface area contributed by atoms with E-state index < -0.39 is 5.60 Å². The summed E-state index contributed by atoms with van der Waals surface area (Å²) < 4.78 is 0. The molecule has 3 rings (SSSR count). The van der Waals surface area contributed by atoms with E-state index in [1.165, 1.54) is 11.1 Å². The molecule has 0 heterocycles. The van der Waals surface area contributed by atoms with Crippen LogP contribution in [0.1, 0.15) is 85.5 Å². The lowest BCUT2D eigenvalue weighted by molar-refractivity contribution is -0.0122. The predicted molar refractivity (Wildman–Crippen MR) is 215 cm³/mol. The number of halogens is 2. The molecule has 274 valence electrons. The highest BCUT2D eigenvalue weighted by Crippen LogP contribution is 2.34. The largest absolute Gasteiger partial charge is 0.390 e. The zero-order valence-electron chi connectivity index (χ0n) is 29.9. The minimum atomic E-state index is -0.497. The van der Waals surface area contributed by atoms with Crippen LogP contribution in [0.4, 0.5) is 11.4 Å². The molecule has 0 radical (unpaired) electrons. The number of benzene rings is 2. The Morgan fingerprint density at radius 2 is 1.28 bits per heavy atom. The second kappa shape index (κ2) is 22.6. The number of guanidine groups is 4. The van der Waals surface area contributed by atoms with E-state index in [0.717, 1.165) is 69.2 Å². The van der Waals surface area contributed by atoms with Crippen molar-refractivity contribution in [1.29, 1.82) is 0 Å². The van der Waals surface area contributed by atoms with Gasteiger partial charge in [-0.15, -0.1) is 0 Å². The van der Waals surface area contributed by atoms with Crippen LogP contribution in [-0.4, -0.2) is 47.6 Å². The molecule has 0 aliphatic heterocycles. The van der Waals surface area contributed by atoms with Gasteiger partial charge in [0.05, 0.1) is 5.60 Å². The Labute approximate surface area is 308 Å². The minimum Gasteiger partial charge on any atom is -0.390 e. The molecule has 2 aromatic rings. The maximum absolute atomic E-state index is 10.5. The number of aliphatic imine (C=N–C) groups is 4. The van der Waals surface area contributed by atoms with Gasteiger partial charge in [-0.05, 0) is 127 Å². The molecule has 0 fully saturated rings. The third-order valence-electron chi connectivity index (χ3n) is 8.04. The Kier molecular flexibility index (Phi) is 19.0. The Bertz CT molecular complexity index is 1410. The van der Waals surface area contributed by atoms with Crippen LogP contribution in [0.5, 0.6) is 0 Å². The van der Waals surface area contributed by atoms with E-state index in [0.29, 0.717) is 29.1 Å². The van der Waals surface area contributed by atoms with E-state index >= 15 is 0 Å². The van der Waals surface area contributed by atoms with Gasteiger partial charge < -0.3 is 38.7 Å². The highest BCUT2D eigenvalue weighted by atomic mass is 35.5. The molecule has 0 spiro atoms. The van der Waals surface area contributed by atoms with Gasteiger partial charge in [0, 0.05) is 34.5 Å². The molecule has 13 heteroatoms. The van der Waals surface area contributed by atoms with Gasteiger partial charge in [0.1, 0.15) is 0 Å². The first kappa shape index (κ1) is 42.1. The van der Waals surface area contributed by atoms with Gasteiger partial charge >= 0.3 is 0 Å². The molecule has 50 heavy (non-hydrogen) atoms. The first-order valence-corrected chi connectivity index (χ1v) is 17.8. The highest BCUT2D eigenvalue weighted by molar-refractivity contribution is 6.31. The third-order valence-corrected chi connectivity index (χ3v) is 8.54. The lowest BCUT2D eigenvalue weighted by atomic mass is 9.76. The fraction of sp³-hybridized carbons (Fsp3) is 0.459. The summed E-state index contributed by atoms with van der Waals surface area (Å²) in [5.74, 6) is 1.01. The van der Waals surface area contributed by atoms with Gasteiger partial charge in [-0.2, -0.15) is 9.98 Å².